The molecule has 2 aromatic rings. The second kappa shape index (κ2) is 6.27. The summed E-state index contributed by atoms with van der Waals surface area (Å²) < 4.78 is 6.48. The number of rotatable bonds is 3. The molecule has 0 unspecified atom stereocenters. The van der Waals surface area contributed by atoms with Crippen LogP contribution in [0.1, 0.15) is 0 Å². The predicted octanol–water partition coefficient (Wildman–Crippen LogP) is 4.00. The summed E-state index contributed by atoms with van der Waals surface area (Å²) in [4.78, 5) is 4.71. The summed E-state index contributed by atoms with van der Waals surface area (Å²) >= 11 is 7.98. The van der Waals surface area contributed by atoms with Gasteiger partial charge in [-0.25, -0.2) is 0 Å². The molecule has 2 fully saturated rings. The van der Waals surface area contributed by atoms with Crippen molar-refractivity contribution in [1.82, 2.24) is 0 Å². The van der Waals surface area contributed by atoms with Gasteiger partial charge in [-0.3, -0.25) is 0 Å². The first-order valence-electron chi connectivity index (χ1n) is 7.86. The van der Waals surface area contributed by atoms with Crippen molar-refractivity contribution < 1.29 is 4.74 Å². The molecule has 23 heavy (non-hydrogen) atoms. The van der Waals surface area contributed by atoms with E-state index in [-0.39, 0.29) is 6.10 Å². The fourth-order valence-corrected chi connectivity index (χ4v) is 4.90. The lowest BCUT2D eigenvalue weighted by atomic mass is 10.2. The normalized spacial score (nSPS) is 27.1. The first kappa shape index (κ1) is 15.2. The third-order valence-electron chi connectivity index (χ3n) is 4.30. The molecule has 0 aromatic heterocycles. The number of hydrogen-bond acceptors (Lipinski definition) is 4. The van der Waals surface area contributed by atoms with Gasteiger partial charge in [0.2, 0.25) is 0 Å². The van der Waals surface area contributed by atoms with Crippen molar-refractivity contribution in [1.29, 1.82) is 0 Å². The lowest BCUT2D eigenvalue weighted by Gasteiger charge is -2.41. The standard InChI is InChI=1S/C18H19ClN2OS/c19-13-17-14-21(16-9-5-2-6-10-16)18(22-17)20(11-12-23-18)15-7-3-1-4-8-15/h1-10,17H,11-14H2/t17-,18+/m0/s1. The Kier molecular flexibility index (Phi) is 4.14. The zero-order valence-corrected chi connectivity index (χ0v) is 14.3. The average Bonchev–Trinajstić information content (AvgIpc) is 3.21. The van der Waals surface area contributed by atoms with Crippen LogP contribution in [0.2, 0.25) is 0 Å². The third-order valence-corrected chi connectivity index (χ3v) is 5.95. The van der Waals surface area contributed by atoms with E-state index >= 15 is 0 Å². The highest BCUT2D eigenvalue weighted by Crippen LogP contribution is 2.48. The molecule has 2 aliphatic rings. The predicted molar refractivity (Wildman–Crippen MR) is 98.4 cm³/mol. The zero-order valence-electron chi connectivity index (χ0n) is 12.8. The number of thioether (sulfide) groups is 1. The molecule has 0 saturated carbocycles. The minimum Gasteiger partial charge on any atom is -0.323 e. The van der Waals surface area contributed by atoms with Crippen LogP contribution >= 0.6 is 23.4 Å². The maximum Gasteiger partial charge on any atom is 0.274 e. The smallest absolute Gasteiger partial charge is 0.274 e. The maximum absolute atomic E-state index is 6.48. The van der Waals surface area contributed by atoms with Crippen molar-refractivity contribution in [2.45, 2.75) is 11.3 Å². The lowest BCUT2D eigenvalue weighted by Crippen LogP contribution is -2.53. The molecule has 0 radical (unpaired) electrons. The summed E-state index contributed by atoms with van der Waals surface area (Å²) in [5.41, 5.74) is 2.36. The van der Waals surface area contributed by atoms with Crippen LogP contribution in [0.5, 0.6) is 0 Å². The van der Waals surface area contributed by atoms with Crippen LogP contribution < -0.4 is 9.80 Å². The van der Waals surface area contributed by atoms with Gasteiger partial charge in [0.1, 0.15) is 0 Å². The van der Waals surface area contributed by atoms with Crippen molar-refractivity contribution in [2.24, 2.45) is 0 Å². The van der Waals surface area contributed by atoms with Gasteiger partial charge in [0, 0.05) is 23.7 Å². The van der Waals surface area contributed by atoms with E-state index < -0.39 is 5.18 Å². The fraction of sp³-hybridized carbons (Fsp3) is 0.333. The van der Waals surface area contributed by atoms with E-state index in [1.165, 1.54) is 11.4 Å². The van der Waals surface area contributed by atoms with Gasteiger partial charge in [-0.15, -0.1) is 11.6 Å². The Balaban J connectivity index is 1.76. The monoisotopic (exact) mass is 346 g/mol. The Labute approximate surface area is 146 Å². The number of benzene rings is 2. The number of nitrogens with zero attached hydrogens (tertiary/aromatic N) is 2. The van der Waals surface area contributed by atoms with Crippen LogP contribution in [-0.4, -0.2) is 36.0 Å². The van der Waals surface area contributed by atoms with E-state index in [0.29, 0.717) is 5.88 Å². The van der Waals surface area contributed by atoms with Crippen LogP contribution in [0, 0.1) is 0 Å². The lowest BCUT2D eigenvalue weighted by molar-refractivity contribution is 0.0384. The topological polar surface area (TPSA) is 15.7 Å². The summed E-state index contributed by atoms with van der Waals surface area (Å²) in [5.74, 6) is 1.54. The number of alkyl halides is 1. The second-order valence-electron chi connectivity index (χ2n) is 5.72. The third kappa shape index (κ3) is 2.59. The minimum atomic E-state index is -0.498. The molecule has 1 spiro atoms. The molecular formula is C18H19ClN2OS. The van der Waals surface area contributed by atoms with E-state index in [0.717, 1.165) is 18.8 Å². The largest absolute Gasteiger partial charge is 0.323 e. The van der Waals surface area contributed by atoms with E-state index in [9.17, 15) is 0 Å². The first-order chi connectivity index (χ1) is 11.3. The number of para-hydroxylation sites is 2. The number of hydrogen-bond donors (Lipinski definition) is 0. The zero-order chi connectivity index (χ0) is 15.7. The van der Waals surface area contributed by atoms with Gasteiger partial charge in [-0.05, 0) is 24.3 Å². The summed E-state index contributed by atoms with van der Waals surface area (Å²) in [5, 5.41) is -0.498. The highest BCUT2D eigenvalue weighted by atomic mass is 35.5. The summed E-state index contributed by atoms with van der Waals surface area (Å²) in [6, 6.07) is 21.0. The summed E-state index contributed by atoms with van der Waals surface area (Å²) in [7, 11) is 0. The molecule has 2 aromatic carbocycles. The van der Waals surface area contributed by atoms with Gasteiger partial charge in [0.15, 0.2) is 0 Å². The molecule has 2 atom stereocenters. The summed E-state index contributed by atoms with van der Waals surface area (Å²) in [6.07, 6.45) is 0.0358. The SMILES string of the molecule is ClC[C@H]1CN(c2ccccc2)[C@]2(O1)SCCN2c1ccccc1. The van der Waals surface area contributed by atoms with E-state index in [2.05, 4.69) is 58.3 Å². The molecule has 0 bridgehead atoms. The Hall–Kier alpha value is -1.36. The quantitative estimate of drug-likeness (QED) is 0.780. The Bertz CT molecular complexity index is 657. The van der Waals surface area contributed by atoms with Gasteiger partial charge >= 0.3 is 0 Å². The van der Waals surface area contributed by atoms with Crippen LogP contribution in [0.4, 0.5) is 11.4 Å². The first-order valence-corrected chi connectivity index (χ1v) is 9.38. The maximum atomic E-state index is 6.48. The molecule has 0 N–H and O–H groups in total. The van der Waals surface area contributed by atoms with E-state index in [1.807, 2.05) is 23.9 Å². The molecule has 2 saturated heterocycles. The Morgan fingerprint density at radius 3 is 2.22 bits per heavy atom. The van der Waals surface area contributed by atoms with Crippen LogP contribution in [0.15, 0.2) is 60.7 Å². The molecule has 4 rings (SSSR count). The van der Waals surface area contributed by atoms with Gasteiger partial charge in [0.05, 0.1) is 18.5 Å². The van der Waals surface area contributed by atoms with Crippen molar-refractivity contribution in [3.8, 4) is 0 Å². The van der Waals surface area contributed by atoms with E-state index in [4.69, 9.17) is 16.3 Å². The Morgan fingerprint density at radius 2 is 1.61 bits per heavy atom. The Morgan fingerprint density at radius 1 is 1.00 bits per heavy atom. The number of halogens is 1. The molecule has 2 aliphatic heterocycles. The van der Waals surface area contributed by atoms with Crippen LogP contribution in [-0.2, 0) is 4.74 Å². The van der Waals surface area contributed by atoms with Crippen LogP contribution in [0.3, 0.4) is 0 Å². The van der Waals surface area contributed by atoms with Crippen LogP contribution in [0.25, 0.3) is 0 Å². The second-order valence-corrected chi connectivity index (χ2v) is 7.26. The summed E-state index contributed by atoms with van der Waals surface area (Å²) in [6.45, 7) is 1.77. The van der Waals surface area contributed by atoms with Gasteiger partial charge in [-0.2, -0.15) is 0 Å². The van der Waals surface area contributed by atoms with Gasteiger partial charge in [0.25, 0.3) is 5.18 Å². The average molecular weight is 347 g/mol. The molecule has 5 heteroatoms. The number of ether oxygens (including phenoxy) is 1. The molecular weight excluding hydrogens is 328 g/mol. The minimum absolute atomic E-state index is 0.0358. The van der Waals surface area contributed by atoms with Crippen molar-refractivity contribution in [3.63, 3.8) is 0 Å². The van der Waals surface area contributed by atoms with Gasteiger partial charge < -0.3 is 14.5 Å². The highest BCUT2D eigenvalue weighted by Gasteiger charge is 2.54. The molecule has 0 aliphatic carbocycles. The van der Waals surface area contributed by atoms with Crippen molar-refractivity contribution in [3.05, 3.63) is 60.7 Å². The number of anilines is 2. The molecule has 0 amide bonds. The molecule has 2 heterocycles. The molecule has 3 nitrogen and oxygen atoms in total. The van der Waals surface area contributed by atoms with Crippen molar-refractivity contribution >= 4 is 34.7 Å². The van der Waals surface area contributed by atoms with Gasteiger partial charge in [-0.1, -0.05) is 48.2 Å². The molecule has 120 valence electrons. The fourth-order valence-electron chi connectivity index (χ4n) is 3.30. The highest BCUT2D eigenvalue weighted by molar-refractivity contribution is 8.01. The van der Waals surface area contributed by atoms with E-state index in [1.54, 1.807) is 0 Å². The van der Waals surface area contributed by atoms with Crippen molar-refractivity contribution in [2.75, 3.05) is 34.5 Å².